The van der Waals surface area contributed by atoms with Crippen LogP contribution in [0.4, 0.5) is 0 Å². The fourth-order valence-corrected chi connectivity index (χ4v) is 2.05. The second kappa shape index (κ2) is 1.94. The Morgan fingerprint density at radius 2 is 2.40 bits per heavy atom. The molecule has 2 fully saturated rings. The zero-order valence-corrected chi connectivity index (χ0v) is 5.92. The lowest BCUT2D eigenvalue weighted by Gasteiger charge is -2.25. The van der Waals surface area contributed by atoms with Crippen molar-refractivity contribution < 1.29 is 9.84 Å². The second-order valence-corrected chi connectivity index (χ2v) is 3.58. The Hall–Kier alpha value is -0.120. The predicted octanol–water partition coefficient (Wildman–Crippen LogP) is -0.515. The summed E-state index contributed by atoms with van der Waals surface area (Å²) in [6.07, 6.45) is 2.13. The van der Waals surface area contributed by atoms with E-state index < -0.39 is 0 Å². The molecule has 1 heterocycles. The fourth-order valence-electron chi connectivity index (χ4n) is 2.05. The Balaban J connectivity index is 2.14. The van der Waals surface area contributed by atoms with Crippen LogP contribution in [0.2, 0.25) is 0 Å². The second-order valence-electron chi connectivity index (χ2n) is 3.58. The average Bonchev–Trinajstić information content (AvgIpc) is 2.45. The number of hydrogen-bond donors (Lipinski definition) is 2. The minimum atomic E-state index is 0.0318. The summed E-state index contributed by atoms with van der Waals surface area (Å²) in [4.78, 5) is 0. The molecule has 0 spiro atoms. The highest BCUT2D eigenvalue weighted by Gasteiger charge is 2.50. The van der Waals surface area contributed by atoms with Gasteiger partial charge in [-0.25, -0.2) is 0 Å². The summed E-state index contributed by atoms with van der Waals surface area (Å²) in [6.45, 7) is 0.944. The number of hydrogen-bond acceptors (Lipinski definition) is 3. The Morgan fingerprint density at radius 3 is 2.70 bits per heavy atom. The lowest BCUT2D eigenvalue weighted by molar-refractivity contribution is 0.0162. The third-order valence-electron chi connectivity index (χ3n) is 2.72. The van der Waals surface area contributed by atoms with Crippen molar-refractivity contribution in [2.24, 2.45) is 11.1 Å². The van der Waals surface area contributed by atoms with E-state index in [1.807, 2.05) is 0 Å². The lowest BCUT2D eigenvalue weighted by Crippen LogP contribution is -2.37. The molecule has 0 aromatic carbocycles. The average molecular weight is 143 g/mol. The van der Waals surface area contributed by atoms with Gasteiger partial charge in [-0.3, -0.25) is 0 Å². The van der Waals surface area contributed by atoms with Crippen LogP contribution in [0.5, 0.6) is 0 Å². The normalized spacial score (nSPS) is 52.2. The molecule has 58 valence electrons. The largest absolute Gasteiger partial charge is 0.396 e. The monoisotopic (exact) mass is 143 g/mol. The highest BCUT2D eigenvalue weighted by Crippen LogP contribution is 2.44. The van der Waals surface area contributed by atoms with Gasteiger partial charge in [0, 0.05) is 11.5 Å². The molecule has 1 saturated carbocycles. The van der Waals surface area contributed by atoms with Gasteiger partial charge in [0.25, 0.3) is 0 Å². The maximum atomic E-state index is 9.03. The van der Waals surface area contributed by atoms with E-state index in [0.717, 1.165) is 12.8 Å². The number of rotatable bonds is 1. The van der Waals surface area contributed by atoms with Gasteiger partial charge in [-0.1, -0.05) is 0 Å². The van der Waals surface area contributed by atoms with Gasteiger partial charge in [0.05, 0.1) is 19.3 Å². The van der Waals surface area contributed by atoms with E-state index in [1.54, 1.807) is 0 Å². The molecule has 0 amide bonds. The van der Waals surface area contributed by atoms with Crippen LogP contribution < -0.4 is 5.73 Å². The zero-order chi connectivity index (χ0) is 7.19. The van der Waals surface area contributed by atoms with E-state index >= 15 is 0 Å². The molecule has 2 bridgehead atoms. The molecule has 0 aromatic rings. The maximum Gasteiger partial charge on any atom is 0.0733 e. The molecule has 3 heteroatoms. The van der Waals surface area contributed by atoms with Crippen molar-refractivity contribution in [3.05, 3.63) is 0 Å². The topological polar surface area (TPSA) is 55.5 Å². The molecular formula is C7H13NO2. The van der Waals surface area contributed by atoms with E-state index in [9.17, 15) is 0 Å². The third kappa shape index (κ3) is 0.713. The van der Waals surface area contributed by atoms with E-state index in [4.69, 9.17) is 15.6 Å². The van der Waals surface area contributed by atoms with Crippen molar-refractivity contribution >= 4 is 0 Å². The summed E-state index contributed by atoms with van der Waals surface area (Å²) in [5.74, 6) is 0. The molecule has 1 aliphatic carbocycles. The van der Waals surface area contributed by atoms with Crippen molar-refractivity contribution in [1.82, 2.24) is 0 Å². The number of nitrogens with two attached hydrogens (primary N) is 1. The molecule has 10 heavy (non-hydrogen) atoms. The van der Waals surface area contributed by atoms with Crippen molar-refractivity contribution in [1.29, 1.82) is 0 Å². The summed E-state index contributed by atoms with van der Waals surface area (Å²) in [7, 11) is 0. The van der Waals surface area contributed by atoms with Gasteiger partial charge in [-0.15, -0.1) is 0 Å². The van der Waals surface area contributed by atoms with Crippen LogP contribution in [-0.2, 0) is 4.74 Å². The number of ether oxygens (including phenoxy) is 1. The number of aliphatic hydroxyl groups excluding tert-OH is 1. The maximum absolute atomic E-state index is 9.03. The zero-order valence-electron chi connectivity index (χ0n) is 5.92. The summed E-state index contributed by atoms with van der Waals surface area (Å²) in [5, 5.41) is 9.03. The first-order valence-corrected chi connectivity index (χ1v) is 3.74. The molecule has 0 aromatic heterocycles. The molecule has 3 N–H and O–H groups in total. The first-order valence-electron chi connectivity index (χ1n) is 3.74. The summed E-state index contributed by atoms with van der Waals surface area (Å²) < 4.78 is 5.37. The summed E-state index contributed by atoms with van der Waals surface area (Å²) in [5.41, 5.74) is 5.78. The molecule has 3 nitrogen and oxygen atoms in total. The lowest BCUT2D eigenvalue weighted by atomic mass is 9.89. The molecule has 2 rings (SSSR count). The van der Waals surface area contributed by atoms with Crippen molar-refractivity contribution in [3.8, 4) is 0 Å². The van der Waals surface area contributed by atoms with Crippen molar-refractivity contribution in [2.75, 3.05) is 13.2 Å². The summed E-state index contributed by atoms with van der Waals surface area (Å²) in [6, 6.07) is 0.167. The minimum absolute atomic E-state index is 0.0318. The standard InChI is InChI=1S/C7H13NO2/c8-5-1-7(3-9)2-6(5)10-4-7/h5-6,9H,1-4,8H2/t5?,6?,7-/m1/s1. The Morgan fingerprint density at radius 1 is 1.60 bits per heavy atom. The Kier molecular flexibility index (Phi) is 1.27. The molecule has 2 aliphatic rings. The van der Waals surface area contributed by atoms with Crippen LogP contribution in [0.1, 0.15) is 12.8 Å². The number of aliphatic hydroxyl groups is 1. The highest BCUT2D eigenvalue weighted by atomic mass is 16.5. The molecule has 1 aliphatic heterocycles. The first kappa shape index (κ1) is 6.58. The van der Waals surface area contributed by atoms with E-state index in [-0.39, 0.29) is 24.2 Å². The van der Waals surface area contributed by atoms with Gasteiger partial charge in [-0.2, -0.15) is 0 Å². The van der Waals surface area contributed by atoms with E-state index in [2.05, 4.69) is 0 Å². The van der Waals surface area contributed by atoms with Crippen LogP contribution in [0.15, 0.2) is 0 Å². The highest BCUT2D eigenvalue weighted by molar-refractivity contribution is 5.01. The quantitative estimate of drug-likeness (QED) is 0.519. The molecule has 2 unspecified atom stereocenters. The SMILES string of the molecule is NC1C[C@@]2(CO)COC1C2. The summed E-state index contributed by atoms with van der Waals surface area (Å²) >= 11 is 0. The molecular weight excluding hydrogens is 130 g/mol. The van der Waals surface area contributed by atoms with Gasteiger partial charge in [0.2, 0.25) is 0 Å². The van der Waals surface area contributed by atoms with Crippen LogP contribution in [0.25, 0.3) is 0 Å². The Labute approximate surface area is 60.2 Å². The molecule has 1 saturated heterocycles. The van der Waals surface area contributed by atoms with Gasteiger partial charge in [0.15, 0.2) is 0 Å². The van der Waals surface area contributed by atoms with Gasteiger partial charge in [-0.05, 0) is 12.8 Å². The molecule has 3 atom stereocenters. The fraction of sp³-hybridized carbons (Fsp3) is 1.00. The van der Waals surface area contributed by atoms with Gasteiger partial charge < -0.3 is 15.6 Å². The van der Waals surface area contributed by atoms with Crippen molar-refractivity contribution in [2.45, 2.75) is 25.0 Å². The van der Waals surface area contributed by atoms with E-state index in [1.165, 1.54) is 0 Å². The Bertz CT molecular complexity index is 147. The smallest absolute Gasteiger partial charge is 0.0733 e. The van der Waals surface area contributed by atoms with Crippen LogP contribution >= 0.6 is 0 Å². The van der Waals surface area contributed by atoms with Gasteiger partial charge in [0.1, 0.15) is 0 Å². The van der Waals surface area contributed by atoms with Crippen LogP contribution in [0.3, 0.4) is 0 Å². The van der Waals surface area contributed by atoms with Crippen LogP contribution in [-0.4, -0.2) is 30.5 Å². The van der Waals surface area contributed by atoms with E-state index in [0.29, 0.717) is 6.61 Å². The molecule has 0 radical (unpaired) electrons. The minimum Gasteiger partial charge on any atom is -0.396 e. The number of fused-ring (bicyclic) bond motifs is 2. The van der Waals surface area contributed by atoms with Crippen LogP contribution in [0, 0.1) is 5.41 Å². The van der Waals surface area contributed by atoms with Crippen molar-refractivity contribution in [3.63, 3.8) is 0 Å². The third-order valence-corrected chi connectivity index (χ3v) is 2.72. The first-order chi connectivity index (χ1) is 4.76. The van der Waals surface area contributed by atoms with Gasteiger partial charge >= 0.3 is 0 Å². The predicted molar refractivity (Wildman–Crippen MR) is 36.5 cm³/mol.